The number of ether oxygens (including phenoxy) is 1. The number of tetrazole rings is 1. The molecule has 1 aromatic carbocycles. The van der Waals surface area contributed by atoms with Crippen LogP contribution in [0.3, 0.4) is 0 Å². The summed E-state index contributed by atoms with van der Waals surface area (Å²) < 4.78 is 6.98. The molecule has 25 heavy (non-hydrogen) atoms. The van der Waals surface area contributed by atoms with E-state index in [9.17, 15) is 4.79 Å². The van der Waals surface area contributed by atoms with E-state index in [-0.39, 0.29) is 11.9 Å². The molecule has 0 unspecified atom stereocenters. The van der Waals surface area contributed by atoms with Crippen molar-refractivity contribution in [2.24, 2.45) is 5.92 Å². The van der Waals surface area contributed by atoms with Crippen molar-refractivity contribution in [3.8, 4) is 5.75 Å². The molecule has 2 heterocycles. The molecule has 0 fully saturated rings. The predicted molar refractivity (Wildman–Crippen MR) is 94.3 cm³/mol. The maximum atomic E-state index is 13.0. The lowest BCUT2D eigenvalue weighted by Gasteiger charge is -2.28. The molecule has 132 valence electrons. The molecule has 2 aromatic rings. The van der Waals surface area contributed by atoms with Crippen LogP contribution in [-0.2, 0) is 4.79 Å². The summed E-state index contributed by atoms with van der Waals surface area (Å²) in [4.78, 5) is 13.0. The topological polar surface area (TPSA) is 94.0 Å². The molecule has 0 radical (unpaired) electrons. The number of allylic oxidation sites excluding steroid dienone is 1. The molecule has 8 nitrogen and oxygen atoms in total. The van der Waals surface area contributed by atoms with Crippen molar-refractivity contribution >= 4 is 17.5 Å². The van der Waals surface area contributed by atoms with E-state index >= 15 is 0 Å². The maximum Gasteiger partial charge on any atom is 0.255 e. The Labute approximate surface area is 146 Å². The highest BCUT2D eigenvalue weighted by Gasteiger charge is 2.33. The van der Waals surface area contributed by atoms with Gasteiger partial charge >= 0.3 is 0 Å². The Bertz CT molecular complexity index is 811. The van der Waals surface area contributed by atoms with Crippen LogP contribution in [-0.4, -0.2) is 33.2 Å². The van der Waals surface area contributed by atoms with Crippen LogP contribution in [0.4, 0.5) is 11.6 Å². The number of rotatable bonds is 5. The molecule has 8 heteroatoms. The molecule has 1 aliphatic rings. The zero-order chi connectivity index (χ0) is 18.0. The first-order valence-electron chi connectivity index (χ1n) is 8.21. The minimum Gasteiger partial charge on any atom is -0.495 e. The molecule has 3 rings (SSSR count). The minimum absolute atomic E-state index is 0.193. The number of nitrogens with zero attached hydrogens (tertiary/aromatic N) is 4. The molecule has 0 spiro atoms. The third-order valence-electron chi connectivity index (χ3n) is 4.12. The third kappa shape index (κ3) is 3.33. The number of methoxy groups -OCH3 is 1. The lowest BCUT2D eigenvalue weighted by molar-refractivity contribution is -0.113. The number of para-hydroxylation sites is 2. The Hall–Kier alpha value is -2.90. The molecule has 1 amide bonds. The van der Waals surface area contributed by atoms with Crippen LogP contribution < -0.4 is 15.4 Å². The molecule has 0 saturated carbocycles. The number of amides is 1. The number of carbonyl (C=O) groups excluding carboxylic acids is 1. The van der Waals surface area contributed by atoms with Crippen molar-refractivity contribution in [1.82, 2.24) is 20.2 Å². The second kappa shape index (κ2) is 6.92. The smallest absolute Gasteiger partial charge is 0.255 e. The molecule has 0 saturated heterocycles. The summed E-state index contributed by atoms with van der Waals surface area (Å²) in [5.41, 5.74) is 2.00. The van der Waals surface area contributed by atoms with E-state index < -0.39 is 0 Å². The summed E-state index contributed by atoms with van der Waals surface area (Å²) in [5, 5.41) is 17.8. The van der Waals surface area contributed by atoms with Gasteiger partial charge in [-0.3, -0.25) is 4.79 Å². The van der Waals surface area contributed by atoms with Gasteiger partial charge in [0.15, 0.2) is 0 Å². The Morgan fingerprint density at radius 3 is 2.88 bits per heavy atom. The van der Waals surface area contributed by atoms with Gasteiger partial charge in [-0.05, 0) is 41.8 Å². The number of hydrogen-bond acceptors (Lipinski definition) is 6. The van der Waals surface area contributed by atoms with Crippen LogP contribution in [0.5, 0.6) is 5.75 Å². The fourth-order valence-electron chi connectivity index (χ4n) is 3.02. The van der Waals surface area contributed by atoms with E-state index in [1.165, 1.54) is 0 Å². The molecule has 1 aliphatic heterocycles. The van der Waals surface area contributed by atoms with Crippen LogP contribution >= 0.6 is 0 Å². The highest BCUT2D eigenvalue weighted by Crippen LogP contribution is 2.34. The van der Waals surface area contributed by atoms with E-state index in [2.05, 4.69) is 40.0 Å². The fraction of sp³-hybridized carbons (Fsp3) is 0.412. The lowest BCUT2D eigenvalue weighted by atomic mass is 9.94. The van der Waals surface area contributed by atoms with Crippen molar-refractivity contribution in [2.75, 3.05) is 17.7 Å². The second-order valence-electron chi connectivity index (χ2n) is 6.41. The Balaban J connectivity index is 1.93. The lowest BCUT2D eigenvalue weighted by Crippen LogP contribution is -2.31. The van der Waals surface area contributed by atoms with Gasteiger partial charge in [-0.15, -0.1) is 0 Å². The van der Waals surface area contributed by atoms with Gasteiger partial charge < -0.3 is 15.4 Å². The quantitative estimate of drug-likeness (QED) is 0.867. The number of fused-ring (bicyclic) bond motifs is 1. The highest BCUT2D eigenvalue weighted by atomic mass is 16.5. The summed E-state index contributed by atoms with van der Waals surface area (Å²) in [6.07, 6.45) is 0.756. The molecule has 1 atom stereocenters. The summed E-state index contributed by atoms with van der Waals surface area (Å²) in [6.45, 7) is 6.08. The summed E-state index contributed by atoms with van der Waals surface area (Å²) in [7, 11) is 1.58. The molecule has 1 aromatic heterocycles. The predicted octanol–water partition coefficient (Wildman–Crippen LogP) is 2.61. The normalized spacial score (nSPS) is 16.4. The van der Waals surface area contributed by atoms with Crippen LogP contribution in [0, 0.1) is 5.92 Å². The standard InChI is InChI=1S/C17H22N6O2/c1-10(2)9-13-15(11(3)18-17-20-21-22-23(13)17)16(24)19-12-7-5-6-8-14(12)25-4/h5-8,10,13H,9H2,1-4H3,(H,19,24)(H,18,20,22)/t13-/m1/s1. The van der Waals surface area contributed by atoms with Gasteiger partial charge in [-0.25, -0.2) is 4.68 Å². The average Bonchev–Trinajstić information content (AvgIpc) is 3.03. The molecule has 0 aliphatic carbocycles. The largest absolute Gasteiger partial charge is 0.495 e. The highest BCUT2D eigenvalue weighted by molar-refractivity contribution is 6.06. The van der Waals surface area contributed by atoms with E-state index in [4.69, 9.17) is 4.74 Å². The third-order valence-corrected chi connectivity index (χ3v) is 4.12. The summed E-state index contributed by atoms with van der Waals surface area (Å²) in [5.74, 6) is 1.35. The Kier molecular flexibility index (Phi) is 4.69. The maximum absolute atomic E-state index is 13.0. The molecular formula is C17H22N6O2. The van der Waals surface area contributed by atoms with Crippen molar-refractivity contribution < 1.29 is 9.53 Å². The minimum atomic E-state index is -0.221. The number of aromatic nitrogens is 4. The van der Waals surface area contributed by atoms with Crippen LogP contribution in [0.25, 0.3) is 0 Å². The van der Waals surface area contributed by atoms with E-state index in [1.54, 1.807) is 17.9 Å². The van der Waals surface area contributed by atoms with E-state index in [0.717, 1.165) is 12.1 Å². The van der Waals surface area contributed by atoms with Gasteiger partial charge in [0.05, 0.1) is 24.4 Å². The van der Waals surface area contributed by atoms with Gasteiger partial charge in [-0.2, -0.15) is 0 Å². The van der Waals surface area contributed by atoms with Gasteiger partial charge in [0, 0.05) is 5.70 Å². The van der Waals surface area contributed by atoms with E-state index in [1.807, 2.05) is 25.1 Å². The summed E-state index contributed by atoms with van der Waals surface area (Å²) >= 11 is 0. The molecule has 2 N–H and O–H groups in total. The average molecular weight is 342 g/mol. The summed E-state index contributed by atoms with van der Waals surface area (Å²) in [6, 6.07) is 7.10. The number of carbonyl (C=O) groups is 1. The zero-order valence-electron chi connectivity index (χ0n) is 14.8. The number of anilines is 2. The van der Waals surface area contributed by atoms with Crippen molar-refractivity contribution in [2.45, 2.75) is 33.2 Å². The molecular weight excluding hydrogens is 320 g/mol. The number of hydrogen-bond donors (Lipinski definition) is 2. The first-order chi connectivity index (χ1) is 12.0. The van der Waals surface area contributed by atoms with Gasteiger partial charge in [0.25, 0.3) is 5.91 Å². The zero-order valence-corrected chi connectivity index (χ0v) is 14.8. The van der Waals surface area contributed by atoms with Crippen molar-refractivity contribution in [3.63, 3.8) is 0 Å². The fourth-order valence-corrected chi connectivity index (χ4v) is 3.02. The Morgan fingerprint density at radius 2 is 2.16 bits per heavy atom. The number of nitrogens with one attached hydrogen (secondary N) is 2. The first-order valence-corrected chi connectivity index (χ1v) is 8.21. The van der Waals surface area contributed by atoms with Crippen molar-refractivity contribution in [3.05, 3.63) is 35.5 Å². The first kappa shape index (κ1) is 16.9. The Morgan fingerprint density at radius 1 is 1.40 bits per heavy atom. The van der Waals surface area contributed by atoms with Gasteiger partial charge in [0.2, 0.25) is 5.95 Å². The van der Waals surface area contributed by atoms with Gasteiger partial charge in [-0.1, -0.05) is 31.1 Å². The number of benzene rings is 1. The monoisotopic (exact) mass is 342 g/mol. The van der Waals surface area contributed by atoms with Crippen LogP contribution in [0.1, 0.15) is 33.2 Å². The second-order valence-corrected chi connectivity index (χ2v) is 6.41. The van der Waals surface area contributed by atoms with E-state index in [0.29, 0.717) is 28.9 Å². The van der Waals surface area contributed by atoms with Gasteiger partial charge in [0.1, 0.15) is 5.75 Å². The van der Waals surface area contributed by atoms with Crippen molar-refractivity contribution in [1.29, 1.82) is 0 Å². The van der Waals surface area contributed by atoms with Crippen LogP contribution in [0.15, 0.2) is 35.5 Å². The SMILES string of the molecule is COc1ccccc1NC(=O)C1=C(C)Nc2nnnn2[C@@H]1CC(C)C. The molecule has 0 bridgehead atoms. The van der Waals surface area contributed by atoms with Crippen LogP contribution in [0.2, 0.25) is 0 Å².